The fourth-order valence-corrected chi connectivity index (χ4v) is 23.7. The first-order valence-electron chi connectivity index (χ1n) is 49.6. The van der Waals surface area contributed by atoms with E-state index in [0.29, 0.717) is 17.5 Å². The zero-order chi connectivity index (χ0) is 96.6. The van der Waals surface area contributed by atoms with Gasteiger partial charge in [0.15, 0.2) is 17.5 Å². The molecule has 8 aromatic heterocycles. The van der Waals surface area contributed by atoms with Crippen molar-refractivity contribution in [2.75, 3.05) is 0 Å². The molecule has 30 rings (SSSR count). The van der Waals surface area contributed by atoms with Crippen molar-refractivity contribution in [3.63, 3.8) is 0 Å². The molecule has 0 radical (unpaired) electrons. The molecule has 21 aromatic carbocycles. The summed E-state index contributed by atoms with van der Waals surface area (Å²) in [6.07, 6.45) is 0. The Balaban J connectivity index is 0.000000106. The number of fused-ring (bicyclic) bond motifs is 24. The summed E-state index contributed by atoms with van der Waals surface area (Å²) >= 11 is 1.83. The van der Waals surface area contributed by atoms with Gasteiger partial charge in [-0.15, -0.1) is 11.3 Å². The summed E-state index contributed by atoms with van der Waals surface area (Å²) in [5.41, 5.74) is 32.0. The molecule has 0 saturated carbocycles. The number of benzene rings is 21. The summed E-state index contributed by atoms with van der Waals surface area (Å²) in [6.45, 7) is 4.65. The maximum Gasteiger partial charge on any atom is 0.160 e. The van der Waals surface area contributed by atoms with E-state index in [1.807, 2.05) is 59.9 Å². The Morgan fingerprint density at radius 1 is 0.219 bits per heavy atom. The Labute approximate surface area is 844 Å². The van der Waals surface area contributed by atoms with Gasteiger partial charge in [-0.2, -0.15) is 0 Å². The molecule has 0 N–H and O–H groups in total. The van der Waals surface area contributed by atoms with E-state index in [4.69, 9.17) is 34.3 Å². The van der Waals surface area contributed by atoms with Gasteiger partial charge in [0.1, 0.15) is 11.2 Å². The van der Waals surface area contributed by atoms with Crippen molar-refractivity contribution in [1.29, 1.82) is 0 Å². The molecule has 8 heterocycles. The van der Waals surface area contributed by atoms with E-state index in [9.17, 15) is 0 Å². The van der Waals surface area contributed by atoms with Crippen LogP contribution in [0.2, 0.25) is 0 Å². The van der Waals surface area contributed by atoms with Crippen LogP contribution in [0.3, 0.4) is 0 Å². The first-order valence-corrected chi connectivity index (χ1v) is 50.4. The van der Waals surface area contributed by atoms with Crippen LogP contribution < -0.4 is 0 Å². The van der Waals surface area contributed by atoms with Gasteiger partial charge in [0.2, 0.25) is 0 Å². The number of hydrogen-bond acceptors (Lipinski definition) is 8. The molecule has 1 aliphatic rings. The summed E-state index contributed by atoms with van der Waals surface area (Å²) in [6, 6.07) is 174. The smallest absolute Gasteiger partial charge is 0.160 e. The average molecular weight is 1880 g/mol. The number of furan rings is 1. The Kier molecular flexibility index (Phi) is 20.3. The molecule has 0 amide bonds. The lowest BCUT2D eigenvalue weighted by Crippen LogP contribution is -2.14. The topological polar surface area (TPSA) is 105 Å². The Bertz CT molecular complexity index is 10300. The third-order valence-corrected chi connectivity index (χ3v) is 30.7. The van der Waals surface area contributed by atoms with Crippen molar-refractivity contribution >= 4 is 151 Å². The minimum absolute atomic E-state index is 0.0893. The van der Waals surface area contributed by atoms with Gasteiger partial charge in [-0.1, -0.05) is 366 Å². The molecule has 146 heavy (non-hydrogen) atoms. The maximum absolute atomic E-state index is 6.42. The number of nitrogens with zero attached hydrogens (tertiary/aromatic N) is 9. The van der Waals surface area contributed by atoms with Crippen LogP contribution in [0.15, 0.2) is 496 Å². The van der Waals surface area contributed by atoms with Crippen molar-refractivity contribution in [2.45, 2.75) is 19.3 Å². The highest BCUT2D eigenvalue weighted by Crippen LogP contribution is 2.52. The fraction of sp³-hybridized carbons (Fsp3) is 0.0222. The quantitative estimate of drug-likeness (QED) is 0.120. The normalized spacial score (nSPS) is 12.2. The van der Waals surface area contributed by atoms with E-state index in [0.717, 1.165) is 123 Å². The summed E-state index contributed by atoms with van der Waals surface area (Å²) in [5.74, 6) is 2.09. The van der Waals surface area contributed by atoms with Gasteiger partial charge in [-0.3, -0.25) is 0 Å². The molecule has 684 valence electrons. The molecule has 1 aliphatic carbocycles. The van der Waals surface area contributed by atoms with E-state index in [2.05, 4.69) is 470 Å². The second-order valence-corrected chi connectivity index (χ2v) is 39.3. The standard InChI is InChI=1S/C47H33N3.C44H27N3O.C44H27N3S/c1-47(2)40-18-10-8-16-36(40)37-26-23-33(28-41(37)47)43-29-42(31-13-4-3-5-14-31)48-46(49-43)32-20-24-34(25-21-32)50-44-19-11-9-17-38(44)39-27-22-30-12-6-7-15-35(30)45(39)50;1-2-12-29(13-3-1)37-27-38(35-18-10-17-34-33-15-7-9-20-41(33)48-43(34)35)46-44(45-37)30-21-24-31(25-22-30)47-39-19-8-6-16-36(39)42-32-14-5-4-11-28(32)23-26-40(42)47;1-2-12-29(13-3-1)38-27-39(37-18-10-17-36-34-16-7-9-20-41(34)48-43(36)37)46-44(45-38)30-21-24-31(25-22-30)47-40-19-8-6-15-33(40)35-26-23-28-11-4-5-14-32(28)42(35)47/h3-29H,1-2H3;2*1-27H. The van der Waals surface area contributed by atoms with Gasteiger partial charge in [0, 0.05) is 147 Å². The minimum atomic E-state index is -0.0893. The predicted molar refractivity (Wildman–Crippen MR) is 608 cm³/mol. The van der Waals surface area contributed by atoms with E-state index in [-0.39, 0.29) is 5.41 Å². The van der Waals surface area contributed by atoms with E-state index in [1.54, 1.807) is 0 Å². The molecule has 0 unspecified atom stereocenters. The molecule has 0 fully saturated rings. The summed E-state index contributed by atoms with van der Waals surface area (Å²) in [7, 11) is 0. The van der Waals surface area contributed by atoms with Crippen molar-refractivity contribution in [2.24, 2.45) is 0 Å². The lowest BCUT2D eigenvalue weighted by Gasteiger charge is -2.22. The van der Waals surface area contributed by atoms with E-state index >= 15 is 0 Å². The zero-order valence-electron chi connectivity index (χ0n) is 79.6. The van der Waals surface area contributed by atoms with E-state index < -0.39 is 0 Å². The third kappa shape index (κ3) is 14.4. The molecule has 0 aliphatic heterocycles. The second-order valence-electron chi connectivity index (χ2n) is 38.2. The molecule has 11 heteroatoms. The summed E-state index contributed by atoms with van der Waals surface area (Å²) < 4.78 is 16.1. The molecule has 0 spiro atoms. The monoisotopic (exact) mass is 1880 g/mol. The van der Waals surface area contributed by atoms with Crippen LogP contribution in [-0.2, 0) is 5.41 Å². The highest BCUT2D eigenvalue weighted by molar-refractivity contribution is 7.26. The molecular formula is C135H87N9OS. The van der Waals surface area contributed by atoms with Crippen molar-refractivity contribution < 1.29 is 4.42 Å². The van der Waals surface area contributed by atoms with Crippen LogP contribution in [0.1, 0.15) is 25.0 Å². The van der Waals surface area contributed by atoms with Gasteiger partial charge in [0.25, 0.3) is 0 Å². The van der Waals surface area contributed by atoms with Crippen LogP contribution in [0.4, 0.5) is 0 Å². The van der Waals surface area contributed by atoms with Crippen LogP contribution in [-0.4, -0.2) is 43.6 Å². The van der Waals surface area contributed by atoms with Gasteiger partial charge in [-0.05, 0) is 183 Å². The Morgan fingerprint density at radius 2 is 0.596 bits per heavy atom. The Hall–Kier alpha value is -18.9. The van der Waals surface area contributed by atoms with Crippen LogP contribution in [0, 0.1) is 0 Å². The largest absolute Gasteiger partial charge is 0.455 e. The van der Waals surface area contributed by atoms with Crippen molar-refractivity contribution in [1.82, 2.24) is 43.6 Å². The summed E-state index contributed by atoms with van der Waals surface area (Å²) in [4.78, 5) is 31.0. The first-order chi connectivity index (χ1) is 72.1. The molecular weight excluding hydrogens is 1800 g/mol. The fourth-order valence-electron chi connectivity index (χ4n) is 22.5. The third-order valence-electron chi connectivity index (χ3n) is 29.5. The molecule has 0 bridgehead atoms. The van der Waals surface area contributed by atoms with Crippen LogP contribution >= 0.6 is 11.3 Å². The van der Waals surface area contributed by atoms with Crippen molar-refractivity contribution in [3.8, 4) is 130 Å². The molecule has 0 saturated heterocycles. The predicted octanol–water partition coefficient (Wildman–Crippen LogP) is 35.8. The van der Waals surface area contributed by atoms with Gasteiger partial charge in [-0.25, -0.2) is 29.9 Å². The summed E-state index contributed by atoms with van der Waals surface area (Å²) in [5, 5.41) is 19.7. The number of thiophene rings is 1. The Morgan fingerprint density at radius 3 is 1.15 bits per heavy atom. The molecule has 29 aromatic rings. The number of hydrogen-bond donors (Lipinski definition) is 0. The zero-order valence-corrected chi connectivity index (χ0v) is 80.4. The average Bonchev–Trinajstić information content (AvgIpc) is 1.58. The SMILES string of the molecule is CC1(C)c2ccccc2-c2ccc(-c3cc(-c4ccccc4)nc(-c4ccc(-n5c6ccccc6c6ccc7ccccc7c65)cc4)n3)cc21.c1ccc(-c2cc(-c3cccc4c3oc3ccccc34)nc(-c3ccc(-n4c5ccccc5c5c6ccccc6ccc54)cc3)n2)cc1.c1ccc(-c2cc(-c3cccc4c3sc3ccccc34)nc(-c3ccc(-n4c5ccccc5c5ccc6ccccc6c54)cc3)n2)cc1. The lowest BCUT2D eigenvalue weighted by molar-refractivity contribution is 0.660. The molecule has 10 nitrogen and oxygen atoms in total. The number of aromatic nitrogens is 9. The minimum Gasteiger partial charge on any atom is -0.455 e. The lowest BCUT2D eigenvalue weighted by atomic mass is 9.82. The van der Waals surface area contributed by atoms with Crippen molar-refractivity contribution in [3.05, 3.63) is 503 Å². The second kappa shape index (κ2) is 34.8. The van der Waals surface area contributed by atoms with E-state index in [1.165, 1.54) is 140 Å². The molecule has 0 atom stereocenters. The van der Waals surface area contributed by atoms with Gasteiger partial charge < -0.3 is 18.1 Å². The highest BCUT2D eigenvalue weighted by atomic mass is 32.1. The van der Waals surface area contributed by atoms with Gasteiger partial charge in [0.05, 0.1) is 67.3 Å². The first kappa shape index (κ1) is 85.1. The highest BCUT2D eigenvalue weighted by Gasteiger charge is 2.36. The number of rotatable bonds is 12. The van der Waals surface area contributed by atoms with Crippen LogP contribution in [0.5, 0.6) is 0 Å². The van der Waals surface area contributed by atoms with Gasteiger partial charge >= 0.3 is 0 Å². The maximum atomic E-state index is 6.42. The van der Waals surface area contributed by atoms with Crippen LogP contribution in [0.25, 0.3) is 270 Å². The number of para-hydroxylation sites is 5.